The minimum Gasteiger partial charge on any atom is -0.478 e. The highest BCUT2D eigenvalue weighted by Gasteiger charge is 2.28. The average Bonchev–Trinajstić information content (AvgIpc) is 3.27. The van der Waals surface area contributed by atoms with Crippen LogP contribution in [0.4, 0.5) is 30.5 Å². The Labute approximate surface area is 180 Å². The van der Waals surface area contributed by atoms with Crippen LogP contribution < -0.4 is 10.2 Å². The summed E-state index contributed by atoms with van der Waals surface area (Å²) in [7, 11) is 0. The number of aromatic nitrogens is 4. The van der Waals surface area contributed by atoms with E-state index in [9.17, 15) is 13.6 Å². The number of halogens is 3. The predicted molar refractivity (Wildman–Crippen MR) is 107 cm³/mol. The molecular weight excluding hydrogens is 429 g/mol. The van der Waals surface area contributed by atoms with Crippen molar-refractivity contribution in [3.05, 3.63) is 53.4 Å². The second kappa shape index (κ2) is 8.81. The van der Waals surface area contributed by atoms with Crippen LogP contribution in [0.5, 0.6) is 0 Å². The summed E-state index contributed by atoms with van der Waals surface area (Å²) in [5.41, 5.74) is -0.347. The van der Waals surface area contributed by atoms with Crippen LogP contribution in [-0.2, 0) is 0 Å². The molecule has 168 valence electrons. The van der Waals surface area contributed by atoms with Gasteiger partial charge in [0, 0.05) is 19.0 Å². The number of carbonyl (C=O) groups is 1. The fourth-order valence-electron chi connectivity index (χ4n) is 3.46. The molecular formula is C20H19F3N6O3. The van der Waals surface area contributed by atoms with Crippen LogP contribution >= 0.6 is 0 Å². The van der Waals surface area contributed by atoms with Crippen molar-refractivity contribution in [1.29, 1.82) is 0 Å². The van der Waals surface area contributed by atoms with E-state index < -0.39 is 23.8 Å². The summed E-state index contributed by atoms with van der Waals surface area (Å²) in [5.74, 6) is -2.80. The molecule has 2 aromatic heterocycles. The highest BCUT2D eigenvalue weighted by atomic mass is 19.1. The molecule has 0 bridgehead atoms. The largest absolute Gasteiger partial charge is 0.478 e. The van der Waals surface area contributed by atoms with Crippen molar-refractivity contribution in [2.75, 3.05) is 23.3 Å². The SMILES string of the molecule is CC(F)c1noc(C2CCN(c3ncnc(Nc4ccc(C(=O)O)cc4F)c3F)CC2)n1. The van der Waals surface area contributed by atoms with Crippen LogP contribution in [0, 0.1) is 11.6 Å². The van der Waals surface area contributed by atoms with Gasteiger partial charge in [0.15, 0.2) is 17.8 Å². The summed E-state index contributed by atoms with van der Waals surface area (Å²) < 4.78 is 47.7. The monoisotopic (exact) mass is 448 g/mol. The molecule has 1 aromatic carbocycles. The van der Waals surface area contributed by atoms with Gasteiger partial charge in [-0.25, -0.2) is 23.5 Å². The smallest absolute Gasteiger partial charge is 0.335 e. The quantitative estimate of drug-likeness (QED) is 0.577. The summed E-state index contributed by atoms with van der Waals surface area (Å²) in [6, 6.07) is 3.23. The molecule has 1 fully saturated rings. The first-order valence-corrected chi connectivity index (χ1v) is 9.86. The molecule has 0 saturated carbocycles. The van der Waals surface area contributed by atoms with Crippen LogP contribution in [-0.4, -0.2) is 44.3 Å². The van der Waals surface area contributed by atoms with Crippen molar-refractivity contribution in [2.45, 2.75) is 31.9 Å². The van der Waals surface area contributed by atoms with E-state index in [-0.39, 0.29) is 34.6 Å². The maximum absolute atomic E-state index is 15.1. The molecule has 1 saturated heterocycles. The highest BCUT2D eigenvalue weighted by molar-refractivity contribution is 5.88. The van der Waals surface area contributed by atoms with Crippen LogP contribution in [0.3, 0.4) is 0 Å². The number of rotatable bonds is 6. The number of aromatic carboxylic acids is 1. The number of nitrogens with one attached hydrogen (secondary N) is 1. The fraction of sp³-hybridized carbons (Fsp3) is 0.350. The van der Waals surface area contributed by atoms with Crippen molar-refractivity contribution in [3.8, 4) is 0 Å². The molecule has 1 atom stereocenters. The standard InChI is InChI=1S/C20H19F3N6O3/c1-10(21)16-27-19(32-28-16)11-4-6-29(7-5-11)18-15(23)17(24-9-25-18)26-14-3-2-12(20(30)31)8-13(14)22/h2-3,8-11H,4-7H2,1H3,(H,30,31)(H,24,25,26). The molecule has 3 aromatic rings. The van der Waals surface area contributed by atoms with Gasteiger partial charge >= 0.3 is 5.97 Å². The maximum atomic E-state index is 15.1. The van der Waals surface area contributed by atoms with Crippen LogP contribution in [0.1, 0.15) is 53.9 Å². The Kier molecular flexibility index (Phi) is 5.93. The number of hydrogen-bond acceptors (Lipinski definition) is 8. The molecule has 3 heterocycles. The molecule has 12 heteroatoms. The van der Waals surface area contributed by atoms with Gasteiger partial charge in [-0.15, -0.1) is 0 Å². The molecule has 1 aliphatic rings. The lowest BCUT2D eigenvalue weighted by Gasteiger charge is -2.31. The van der Waals surface area contributed by atoms with E-state index in [1.165, 1.54) is 19.1 Å². The Morgan fingerprint density at radius 1 is 1.28 bits per heavy atom. The van der Waals surface area contributed by atoms with Crippen LogP contribution in [0.15, 0.2) is 29.0 Å². The lowest BCUT2D eigenvalue weighted by atomic mass is 9.97. The number of alkyl halides is 1. The van der Waals surface area contributed by atoms with E-state index in [1.54, 1.807) is 4.90 Å². The van der Waals surface area contributed by atoms with Gasteiger partial charge in [0.05, 0.1) is 11.3 Å². The lowest BCUT2D eigenvalue weighted by molar-refractivity contribution is 0.0696. The van der Waals surface area contributed by atoms with Gasteiger partial charge in [-0.1, -0.05) is 5.16 Å². The number of carboxylic acid groups (broad SMARTS) is 1. The molecule has 9 nitrogen and oxygen atoms in total. The third kappa shape index (κ3) is 4.34. The Balaban J connectivity index is 1.46. The third-order valence-electron chi connectivity index (χ3n) is 5.20. The van der Waals surface area contributed by atoms with Crippen molar-refractivity contribution >= 4 is 23.3 Å². The van der Waals surface area contributed by atoms with E-state index in [1.807, 2.05) is 0 Å². The Bertz CT molecular complexity index is 1130. The number of anilines is 3. The van der Waals surface area contributed by atoms with Gasteiger partial charge < -0.3 is 19.8 Å². The van der Waals surface area contributed by atoms with Gasteiger partial charge in [0.1, 0.15) is 12.1 Å². The number of benzene rings is 1. The van der Waals surface area contributed by atoms with Gasteiger partial charge in [-0.3, -0.25) is 0 Å². The predicted octanol–water partition coefficient (Wildman–Crippen LogP) is 3.99. The van der Waals surface area contributed by atoms with E-state index in [2.05, 4.69) is 25.4 Å². The lowest BCUT2D eigenvalue weighted by Crippen LogP contribution is -2.34. The van der Waals surface area contributed by atoms with Crippen LogP contribution in [0.25, 0.3) is 0 Å². The third-order valence-corrected chi connectivity index (χ3v) is 5.20. The first-order chi connectivity index (χ1) is 15.3. The second-order valence-corrected chi connectivity index (χ2v) is 7.35. The molecule has 4 rings (SSSR count). The first-order valence-electron chi connectivity index (χ1n) is 9.86. The van der Waals surface area contributed by atoms with E-state index in [0.29, 0.717) is 31.8 Å². The van der Waals surface area contributed by atoms with E-state index >= 15 is 4.39 Å². The second-order valence-electron chi connectivity index (χ2n) is 7.35. The van der Waals surface area contributed by atoms with E-state index in [0.717, 1.165) is 12.4 Å². The zero-order valence-corrected chi connectivity index (χ0v) is 16.9. The number of piperidine rings is 1. The zero-order chi connectivity index (χ0) is 22.8. The molecule has 0 amide bonds. The number of hydrogen-bond donors (Lipinski definition) is 2. The van der Waals surface area contributed by atoms with Crippen molar-refractivity contribution in [1.82, 2.24) is 20.1 Å². The molecule has 0 radical (unpaired) electrons. The highest BCUT2D eigenvalue weighted by Crippen LogP contribution is 2.32. The van der Waals surface area contributed by atoms with Gasteiger partial charge in [0.25, 0.3) is 0 Å². The molecule has 2 N–H and O–H groups in total. The minimum absolute atomic E-state index is 0.00334. The Hall–Kier alpha value is -3.70. The Morgan fingerprint density at radius 3 is 2.66 bits per heavy atom. The molecule has 32 heavy (non-hydrogen) atoms. The van der Waals surface area contributed by atoms with Gasteiger partial charge in [-0.2, -0.15) is 9.37 Å². The van der Waals surface area contributed by atoms with Crippen molar-refractivity contribution < 1.29 is 27.6 Å². The first kappa shape index (κ1) is 21.5. The zero-order valence-electron chi connectivity index (χ0n) is 16.9. The average molecular weight is 448 g/mol. The maximum Gasteiger partial charge on any atom is 0.335 e. The Morgan fingerprint density at radius 2 is 2.03 bits per heavy atom. The normalized spacial score (nSPS) is 15.6. The van der Waals surface area contributed by atoms with Gasteiger partial charge in [-0.05, 0) is 38.0 Å². The van der Waals surface area contributed by atoms with Gasteiger partial charge in [0.2, 0.25) is 17.5 Å². The summed E-state index contributed by atoms with van der Waals surface area (Å²) in [5, 5.41) is 15.1. The van der Waals surface area contributed by atoms with E-state index in [4.69, 9.17) is 9.63 Å². The summed E-state index contributed by atoms with van der Waals surface area (Å²) in [6.45, 7) is 2.19. The topological polar surface area (TPSA) is 117 Å². The molecule has 0 spiro atoms. The molecule has 1 unspecified atom stereocenters. The number of carboxylic acids is 1. The minimum atomic E-state index is -1.32. The summed E-state index contributed by atoms with van der Waals surface area (Å²) >= 11 is 0. The molecule has 1 aliphatic heterocycles. The summed E-state index contributed by atoms with van der Waals surface area (Å²) in [4.78, 5) is 24.6. The summed E-state index contributed by atoms with van der Waals surface area (Å²) in [6.07, 6.45) is 0.974. The fourth-order valence-corrected chi connectivity index (χ4v) is 3.46. The number of nitrogens with zero attached hydrogens (tertiary/aromatic N) is 5. The molecule has 0 aliphatic carbocycles. The van der Waals surface area contributed by atoms with Crippen molar-refractivity contribution in [3.63, 3.8) is 0 Å². The van der Waals surface area contributed by atoms with Crippen molar-refractivity contribution in [2.24, 2.45) is 0 Å². The van der Waals surface area contributed by atoms with Crippen LogP contribution in [0.2, 0.25) is 0 Å².